The number of phenolic OH excluding ortho intramolecular Hbond substituents is 3. The standard InChI is InChI=1S/C31H34O8/c1-21(6-4-8-22(2)20-38-29(35)17-12-23-10-13-25(32)14-11-23)7-5-9-24-19-31(37-3,39-30(24)36)27-18-26(33)15-16-28(27)34/h7-8,10-19,32-34H,4-6,9,20H2,1-3H3/b17-12+,21-7?,22-8?. The minimum absolute atomic E-state index is 0.0828. The molecule has 1 atom stereocenters. The summed E-state index contributed by atoms with van der Waals surface area (Å²) in [6.45, 7) is 4.12. The Labute approximate surface area is 228 Å². The normalized spacial score (nSPS) is 17.8. The van der Waals surface area contributed by atoms with Crippen LogP contribution in [0.3, 0.4) is 0 Å². The van der Waals surface area contributed by atoms with Crippen molar-refractivity contribution >= 4 is 18.0 Å². The summed E-state index contributed by atoms with van der Waals surface area (Å²) in [4.78, 5) is 24.4. The van der Waals surface area contributed by atoms with Crippen molar-refractivity contribution in [1.29, 1.82) is 0 Å². The van der Waals surface area contributed by atoms with E-state index < -0.39 is 17.7 Å². The van der Waals surface area contributed by atoms with Gasteiger partial charge in [-0.05, 0) is 87.1 Å². The molecule has 8 nitrogen and oxygen atoms in total. The molecule has 2 aromatic carbocycles. The fraction of sp³-hybridized carbons (Fsp3) is 0.290. The van der Waals surface area contributed by atoms with Crippen LogP contribution < -0.4 is 0 Å². The Bertz CT molecular complexity index is 1300. The summed E-state index contributed by atoms with van der Waals surface area (Å²) in [6, 6.07) is 10.4. The second-order valence-electron chi connectivity index (χ2n) is 9.34. The number of aromatic hydroxyl groups is 3. The molecule has 0 saturated heterocycles. The van der Waals surface area contributed by atoms with Gasteiger partial charge < -0.3 is 29.5 Å². The Morgan fingerprint density at radius 3 is 2.38 bits per heavy atom. The van der Waals surface area contributed by atoms with E-state index in [2.05, 4.69) is 6.08 Å². The fourth-order valence-electron chi connectivity index (χ4n) is 4.01. The van der Waals surface area contributed by atoms with E-state index >= 15 is 0 Å². The van der Waals surface area contributed by atoms with Crippen molar-refractivity contribution in [2.45, 2.75) is 45.3 Å². The van der Waals surface area contributed by atoms with Crippen molar-refractivity contribution in [3.05, 3.63) is 94.6 Å². The van der Waals surface area contributed by atoms with Crippen LogP contribution in [0, 0.1) is 0 Å². The average Bonchev–Trinajstić information content (AvgIpc) is 3.24. The number of cyclic esters (lactones) is 1. The van der Waals surface area contributed by atoms with Gasteiger partial charge in [0.25, 0.3) is 5.79 Å². The summed E-state index contributed by atoms with van der Waals surface area (Å²) in [6.07, 6.45) is 11.3. The lowest BCUT2D eigenvalue weighted by molar-refractivity contribution is -0.193. The van der Waals surface area contributed by atoms with Crippen molar-refractivity contribution in [3.8, 4) is 17.2 Å². The van der Waals surface area contributed by atoms with Crippen LogP contribution in [0.25, 0.3) is 6.08 Å². The first-order valence-corrected chi connectivity index (χ1v) is 12.6. The summed E-state index contributed by atoms with van der Waals surface area (Å²) in [5.74, 6) is -2.63. The Morgan fingerprint density at radius 1 is 0.974 bits per heavy atom. The predicted octanol–water partition coefficient (Wildman–Crippen LogP) is 5.80. The molecule has 1 heterocycles. The molecule has 0 aromatic heterocycles. The van der Waals surface area contributed by atoms with Gasteiger partial charge in [0, 0.05) is 24.8 Å². The summed E-state index contributed by atoms with van der Waals surface area (Å²) in [7, 11) is 1.37. The van der Waals surface area contributed by atoms with Gasteiger partial charge in [-0.1, -0.05) is 29.9 Å². The predicted molar refractivity (Wildman–Crippen MR) is 147 cm³/mol. The quantitative estimate of drug-likeness (QED) is 0.135. The van der Waals surface area contributed by atoms with Gasteiger partial charge in [0.1, 0.15) is 23.9 Å². The third-order valence-electron chi connectivity index (χ3n) is 6.21. The van der Waals surface area contributed by atoms with Crippen molar-refractivity contribution in [1.82, 2.24) is 0 Å². The fourth-order valence-corrected chi connectivity index (χ4v) is 4.01. The van der Waals surface area contributed by atoms with Crippen molar-refractivity contribution in [2.75, 3.05) is 13.7 Å². The second-order valence-corrected chi connectivity index (χ2v) is 9.34. The molecule has 0 bridgehead atoms. The zero-order valence-corrected chi connectivity index (χ0v) is 22.3. The van der Waals surface area contributed by atoms with Gasteiger partial charge >= 0.3 is 11.9 Å². The number of hydrogen-bond donors (Lipinski definition) is 3. The summed E-state index contributed by atoms with van der Waals surface area (Å²) < 4.78 is 16.2. The molecule has 1 aliphatic rings. The Balaban J connectivity index is 1.45. The number of ether oxygens (including phenoxy) is 3. The number of phenols is 3. The lowest BCUT2D eigenvalue weighted by atomic mass is 10.0. The first-order chi connectivity index (χ1) is 18.6. The minimum atomic E-state index is -1.58. The summed E-state index contributed by atoms with van der Waals surface area (Å²) >= 11 is 0. The molecule has 206 valence electrons. The first kappa shape index (κ1) is 29.3. The molecule has 1 aliphatic heterocycles. The van der Waals surface area contributed by atoms with E-state index in [0.717, 1.165) is 29.6 Å². The van der Waals surface area contributed by atoms with Crippen LogP contribution in [-0.2, 0) is 29.6 Å². The molecule has 2 aromatic rings. The number of benzene rings is 2. The van der Waals surface area contributed by atoms with Crippen molar-refractivity contribution < 1.29 is 39.1 Å². The lowest BCUT2D eigenvalue weighted by Crippen LogP contribution is -2.27. The molecule has 0 aliphatic carbocycles. The Morgan fingerprint density at radius 2 is 1.67 bits per heavy atom. The third-order valence-corrected chi connectivity index (χ3v) is 6.21. The SMILES string of the molecule is COC1(c2cc(O)ccc2O)C=C(CCC=C(C)CCC=C(C)COC(=O)/C=C/c2ccc(O)cc2)C(=O)O1. The van der Waals surface area contributed by atoms with Crippen LogP contribution in [0.2, 0.25) is 0 Å². The topological polar surface area (TPSA) is 123 Å². The molecule has 0 fully saturated rings. The minimum Gasteiger partial charge on any atom is -0.508 e. The molecule has 3 rings (SSSR count). The van der Waals surface area contributed by atoms with Crippen LogP contribution >= 0.6 is 0 Å². The largest absolute Gasteiger partial charge is 0.508 e. The molecule has 8 heteroatoms. The monoisotopic (exact) mass is 534 g/mol. The molecule has 0 amide bonds. The van der Waals surface area contributed by atoms with Gasteiger partial charge in [-0.15, -0.1) is 0 Å². The molecule has 0 spiro atoms. The van der Waals surface area contributed by atoms with Gasteiger partial charge in [-0.2, -0.15) is 0 Å². The van der Waals surface area contributed by atoms with Gasteiger partial charge in [-0.25, -0.2) is 9.59 Å². The molecule has 0 radical (unpaired) electrons. The summed E-state index contributed by atoms with van der Waals surface area (Å²) in [5.41, 5.74) is 3.47. The maximum absolute atomic E-state index is 12.5. The number of allylic oxidation sites excluding steroid dienone is 3. The molecule has 39 heavy (non-hydrogen) atoms. The maximum Gasteiger partial charge on any atom is 0.336 e. The lowest BCUT2D eigenvalue weighted by Gasteiger charge is -2.25. The zero-order chi connectivity index (χ0) is 28.4. The van der Waals surface area contributed by atoms with Crippen molar-refractivity contribution in [2.24, 2.45) is 0 Å². The highest BCUT2D eigenvalue weighted by molar-refractivity contribution is 5.91. The van der Waals surface area contributed by atoms with Crippen molar-refractivity contribution in [3.63, 3.8) is 0 Å². The van der Waals surface area contributed by atoms with E-state index in [-0.39, 0.29) is 29.4 Å². The van der Waals surface area contributed by atoms with Crippen LogP contribution in [0.4, 0.5) is 0 Å². The number of carbonyl (C=O) groups excluding carboxylic acids is 2. The number of esters is 2. The maximum atomic E-state index is 12.5. The second kappa shape index (κ2) is 13.5. The number of methoxy groups -OCH3 is 1. The average molecular weight is 535 g/mol. The molecule has 3 N–H and O–H groups in total. The van der Waals surface area contributed by atoms with Crippen LogP contribution in [0.5, 0.6) is 17.2 Å². The molecule has 1 unspecified atom stereocenters. The van der Waals surface area contributed by atoms with Gasteiger partial charge in [-0.3, -0.25) is 0 Å². The highest BCUT2D eigenvalue weighted by atomic mass is 16.7. The van der Waals surface area contributed by atoms with E-state index in [1.807, 2.05) is 19.9 Å². The van der Waals surface area contributed by atoms with Gasteiger partial charge in [0.2, 0.25) is 0 Å². The smallest absolute Gasteiger partial charge is 0.336 e. The van der Waals surface area contributed by atoms with E-state index in [1.54, 1.807) is 36.4 Å². The zero-order valence-electron chi connectivity index (χ0n) is 22.3. The van der Waals surface area contributed by atoms with E-state index in [4.69, 9.17) is 14.2 Å². The first-order valence-electron chi connectivity index (χ1n) is 12.6. The van der Waals surface area contributed by atoms with Gasteiger partial charge in [0.05, 0.1) is 5.56 Å². The summed E-state index contributed by atoms with van der Waals surface area (Å²) in [5, 5.41) is 29.3. The number of carbonyl (C=O) groups is 2. The molecule has 0 saturated carbocycles. The van der Waals surface area contributed by atoms with E-state index in [0.29, 0.717) is 18.4 Å². The third kappa shape index (κ3) is 8.35. The highest BCUT2D eigenvalue weighted by Crippen LogP contribution is 2.42. The van der Waals surface area contributed by atoms with Crippen LogP contribution in [0.15, 0.2) is 83.5 Å². The van der Waals surface area contributed by atoms with Crippen LogP contribution in [-0.4, -0.2) is 41.0 Å². The van der Waals surface area contributed by atoms with Gasteiger partial charge in [0.15, 0.2) is 0 Å². The highest BCUT2D eigenvalue weighted by Gasteiger charge is 2.43. The number of rotatable bonds is 12. The number of hydrogen-bond acceptors (Lipinski definition) is 8. The Kier molecular flexibility index (Phi) is 10.1. The van der Waals surface area contributed by atoms with E-state index in [1.165, 1.54) is 31.4 Å². The van der Waals surface area contributed by atoms with E-state index in [9.17, 15) is 24.9 Å². The Hall–Kier alpha value is -4.30. The molecular formula is C31H34O8. The molecular weight excluding hydrogens is 500 g/mol. The van der Waals surface area contributed by atoms with Crippen LogP contribution in [0.1, 0.15) is 50.7 Å².